The Morgan fingerprint density at radius 2 is 2.07 bits per heavy atom. The van der Waals surface area contributed by atoms with E-state index in [4.69, 9.17) is 9.15 Å². The Morgan fingerprint density at radius 1 is 1.31 bits per heavy atom. The third-order valence-corrected chi connectivity index (χ3v) is 6.32. The number of amides is 1. The molecule has 0 aromatic carbocycles. The number of rotatable bonds is 8. The van der Waals surface area contributed by atoms with Crippen LogP contribution in [-0.4, -0.2) is 57.0 Å². The van der Waals surface area contributed by atoms with Gasteiger partial charge < -0.3 is 14.1 Å². The van der Waals surface area contributed by atoms with Crippen LogP contribution in [0.4, 0.5) is 0 Å². The number of aromatic nitrogens is 3. The second-order valence-electron chi connectivity index (χ2n) is 7.40. The zero-order chi connectivity index (χ0) is 20.8. The van der Waals surface area contributed by atoms with Gasteiger partial charge in [0.25, 0.3) is 5.91 Å². The molecule has 158 valence electrons. The zero-order valence-electron chi connectivity index (χ0n) is 17.2. The maximum Gasteiger partial charge on any atom is 0.316 e. The van der Waals surface area contributed by atoms with Crippen molar-refractivity contribution in [3.05, 3.63) is 18.4 Å². The summed E-state index contributed by atoms with van der Waals surface area (Å²) in [6.45, 7) is 4.64. The van der Waals surface area contributed by atoms with Gasteiger partial charge in [0.15, 0.2) is 23.3 Å². The molecule has 9 heteroatoms. The molecule has 0 spiro atoms. The molecular formula is C20H28N4O4S. The summed E-state index contributed by atoms with van der Waals surface area (Å²) in [7, 11) is 1.80. The third kappa shape index (κ3) is 5.41. The molecule has 0 radical (unpaired) electrons. The number of carbonyl (C=O) groups is 2. The maximum absolute atomic E-state index is 12.3. The van der Waals surface area contributed by atoms with E-state index >= 15 is 0 Å². The molecule has 0 saturated heterocycles. The molecule has 1 saturated carbocycles. The number of thioether (sulfide) groups is 1. The van der Waals surface area contributed by atoms with Crippen LogP contribution in [0.15, 0.2) is 28.0 Å². The highest BCUT2D eigenvalue weighted by Crippen LogP contribution is 2.27. The first-order valence-electron chi connectivity index (χ1n) is 10.0. The van der Waals surface area contributed by atoms with E-state index in [9.17, 15) is 9.59 Å². The number of likely N-dealkylation sites (N-methyl/N-ethyl adjacent to an activating group) is 1. The second-order valence-corrected chi connectivity index (χ2v) is 8.34. The van der Waals surface area contributed by atoms with Gasteiger partial charge in [-0.05, 0) is 50.7 Å². The summed E-state index contributed by atoms with van der Waals surface area (Å²) in [4.78, 5) is 26.2. The molecule has 3 rings (SSSR count). The van der Waals surface area contributed by atoms with Crippen LogP contribution >= 0.6 is 11.8 Å². The SMILES string of the molecule is CCn1c(SCC(=O)OCC(=O)N(C)C2CCC(C)CC2)nnc1-c1ccco1. The molecular weight excluding hydrogens is 392 g/mol. The summed E-state index contributed by atoms with van der Waals surface area (Å²) in [5.41, 5.74) is 0. The number of furan rings is 1. The molecule has 0 N–H and O–H groups in total. The van der Waals surface area contributed by atoms with E-state index in [1.807, 2.05) is 17.6 Å². The molecule has 1 amide bonds. The summed E-state index contributed by atoms with van der Waals surface area (Å²) in [5.74, 6) is 1.43. The fourth-order valence-corrected chi connectivity index (χ4v) is 4.31. The van der Waals surface area contributed by atoms with Crippen LogP contribution in [0, 0.1) is 5.92 Å². The van der Waals surface area contributed by atoms with Crippen molar-refractivity contribution >= 4 is 23.6 Å². The minimum atomic E-state index is -0.445. The van der Waals surface area contributed by atoms with E-state index in [0.29, 0.717) is 23.3 Å². The Hall–Kier alpha value is -2.29. The van der Waals surface area contributed by atoms with Crippen LogP contribution in [0.3, 0.4) is 0 Å². The van der Waals surface area contributed by atoms with Gasteiger partial charge in [-0.3, -0.25) is 14.2 Å². The predicted molar refractivity (Wildman–Crippen MR) is 109 cm³/mol. The van der Waals surface area contributed by atoms with Crippen LogP contribution < -0.4 is 0 Å². The minimum absolute atomic E-state index is 0.0637. The normalized spacial score (nSPS) is 19.1. The van der Waals surface area contributed by atoms with Crippen molar-refractivity contribution < 1.29 is 18.7 Å². The van der Waals surface area contributed by atoms with Gasteiger partial charge in [0.2, 0.25) is 0 Å². The molecule has 29 heavy (non-hydrogen) atoms. The predicted octanol–water partition coefficient (Wildman–Crippen LogP) is 3.23. The lowest BCUT2D eigenvalue weighted by Crippen LogP contribution is -2.41. The molecule has 2 aromatic heterocycles. The molecule has 2 heterocycles. The molecule has 0 atom stereocenters. The monoisotopic (exact) mass is 420 g/mol. The first-order chi connectivity index (χ1) is 14.0. The highest BCUT2D eigenvalue weighted by atomic mass is 32.2. The summed E-state index contributed by atoms with van der Waals surface area (Å²) in [5, 5.41) is 8.89. The van der Waals surface area contributed by atoms with Crippen molar-refractivity contribution in [3.8, 4) is 11.6 Å². The van der Waals surface area contributed by atoms with E-state index in [-0.39, 0.29) is 24.3 Å². The Morgan fingerprint density at radius 3 is 2.72 bits per heavy atom. The quantitative estimate of drug-likeness (QED) is 0.478. The highest BCUT2D eigenvalue weighted by Gasteiger charge is 2.25. The zero-order valence-corrected chi connectivity index (χ0v) is 18.0. The fourth-order valence-electron chi connectivity index (χ4n) is 3.51. The van der Waals surface area contributed by atoms with Crippen LogP contribution in [-0.2, 0) is 20.9 Å². The van der Waals surface area contributed by atoms with E-state index < -0.39 is 5.97 Å². The first-order valence-corrected chi connectivity index (χ1v) is 11.0. The average molecular weight is 421 g/mol. The van der Waals surface area contributed by atoms with Gasteiger partial charge in [-0.25, -0.2) is 0 Å². The van der Waals surface area contributed by atoms with Gasteiger partial charge in [0.05, 0.1) is 12.0 Å². The molecule has 1 fully saturated rings. The van der Waals surface area contributed by atoms with Crippen molar-refractivity contribution in [2.75, 3.05) is 19.4 Å². The molecule has 1 aliphatic carbocycles. The molecule has 0 bridgehead atoms. The summed E-state index contributed by atoms with van der Waals surface area (Å²) < 4.78 is 12.4. The van der Waals surface area contributed by atoms with Gasteiger partial charge in [0.1, 0.15) is 0 Å². The van der Waals surface area contributed by atoms with Crippen LogP contribution in [0.25, 0.3) is 11.6 Å². The second kappa shape index (κ2) is 9.96. The number of esters is 1. The van der Waals surface area contributed by atoms with E-state index in [1.54, 1.807) is 24.3 Å². The average Bonchev–Trinajstić information content (AvgIpc) is 3.39. The Labute approximate surface area is 175 Å². The molecule has 0 unspecified atom stereocenters. The number of hydrogen-bond donors (Lipinski definition) is 0. The fraction of sp³-hybridized carbons (Fsp3) is 0.600. The Balaban J connectivity index is 1.46. The smallest absolute Gasteiger partial charge is 0.316 e. The van der Waals surface area contributed by atoms with E-state index in [2.05, 4.69) is 17.1 Å². The van der Waals surface area contributed by atoms with Gasteiger partial charge in [0, 0.05) is 19.6 Å². The van der Waals surface area contributed by atoms with Crippen molar-refractivity contribution in [3.63, 3.8) is 0 Å². The molecule has 1 aliphatic rings. The van der Waals surface area contributed by atoms with Gasteiger partial charge >= 0.3 is 5.97 Å². The number of nitrogens with zero attached hydrogens (tertiary/aromatic N) is 4. The highest BCUT2D eigenvalue weighted by molar-refractivity contribution is 7.99. The molecule has 8 nitrogen and oxygen atoms in total. The third-order valence-electron chi connectivity index (χ3n) is 5.38. The van der Waals surface area contributed by atoms with Crippen molar-refractivity contribution in [2.24, 2.45) is 5.92 Å². The van der Waals surface area contributed by atoms with Crippen molar-refractivity contribution in [1.82, 2.24) is 19.7 Å². The summed E-state index contributed by atoms with van der Waals surface area (Å²) in [6.07, 6.45) is 5.87. The van der Waals surface area contributed by atoms with Crippen LogP contribution in [0.1, 0.15) is 39.5 Å². The Bertz CT molecular complexity index is 813. The largest absolute Gasteiger partial charge is 0.461 e. The number of ether oxygens (including phenoxy) is 1. The Kier molecular flexibility index (Phi) is 7.35. The lowest BCUT2D eigenvalue weighted by atomic mass is 9.87. The lowest BCUT2D eigenvalue weighted by Gasteiger charge is -2.33. The number of carbonyl (C=O) groups excluding carboxylic acids is 2. The number of hydrogen-bond acceptors (Lipinski definition) is 7. The van der Waals surface area contributed by atoms with E-state index in [0.717, 1.165) is 31.6 Å². The van der Waals surface area contributed by atoms with Gasteiger partial charge in [-0.2, -0.15) is 0 Å². The van der Waals surface area contributed by atoms with E-state index in [1.165, 1.54) is 11.8 Å². The van der Waals surface area contributed by atoms with Gasteiger partial charge in [-0.1, -0.05) is 18.7 Å². The van der Waals surface area contributed by atoms with Crippen molar-refractivity contribution in [1.29, 1.82) is 0 Å². The standard InChI is InChI=1S/C20H28N4O4S/c1-4-24-19(16-6-5-11-27-16)21-22-20(24)29-13-18(26)28-12-17(25)23(3)15-9-7-14(2)8-10-15/h5-6,11,14-15H,4,7-10,12-13H2,1-3H3. The summed E-state index contributed by atoms with van der Waals surface area (Å²) in [6, 6.07) is 3.85. The topological polar surface area (TPSA) is 90.5 Å². The molecule has 0 aliphatic heterocycles. The van der Waals surface area contributed by atoms with Crippen LogP contribution in [0.5, 0.6) is 0 Å². The maximum atomic E-state index is 12.3. The van der Waals surface area contributed by atoms with Crippen LogP contribution in [0.2, 0.25) is 0 Å². The lowest BCUT2D eigenvalue weighted by molar-refractivity contribution is -0.150. The van der Waals surface area contributed by atoms with Crippen molar-refractivity contribution in [2.45, 2.75) is 57.3 Å². The van der Waals surface area contributed by atoms with Gasteiger partial charge in [-0.15, -0.1) is 10.2 Å². The first kappa shape index (κ1) is 21.4. The summed E-state index contributed by atoms with van der Waals surface area (Å²) >= 11 is 1.23. The molecule has 2 aromatic rings. The minimum Gasteiger partial charge on any atom is -0.461 e.